The maximum absolute atomic E-state index is 13.6. The van der Waals surface area contributed by atoms with Crippen molar-refractivity contribution in [3.63, 3.8) is 0 Å². The van der Waals surface area contributed by atoms with E-state index in [0.29, 0.717) is 12.4 Å². The van der Waals surface area contributed by atoms with Gasteiger partial charge in [0.25, 0.3) is 5.89 Å². The molecule has 6 heteroatoms. The summed E-state index contributed by atoms with van der Waals surface area (Å²) in [6.45, 7) is 3.39. The van der Waals surface area contributed by atoms with E-state index in [4.69, 9.17) is 16.0 Å². The molecule has 96 valence electrons. The van der Waals surface area contributed by atoms with E-state index in [9.17, 15) is 4.39 Å². The predicted octanol–water partition coefficient (Wildman–Crippen LogP) is 3.03. The molecule has 0 unspecified atom stereocenters. The van der Waals surface area contributed by atoms with Gasteiger partial charge < -0.3 is 9.73 Å². The van der Waals surface area contributed by atoms with Crippen LogP contribution in [0.25, 0.3) is 11.5 Å². The predicted molar refractivity (Wildman–Crippen MR) is 66.7 cm³/mol. The van der Waals surface area contributed by atoms with Gasteiger partial charge in [0.15, 0.2) is 0 Å². The third-order valence-corrected chi connectivity index (χ3v) is 2.66. The number of aromatic nitrogens is 2. The van der Waals surface area contributed by atoms with E-state index in [1.165, 1.54) is 12.1 Å². The summed E-state index contributed by atoms with van der Waals surface area (Å²) in [4.78, 5) is 0. The lowest BCUT2D eigenvalue weighted by Crippen LogP contribution is -2.13. The first-order chi connectivity index (χ1) is 8.72. The van der Waals surface area contributed by atoms with E-state index in [1.54, 1.807) is 6.07 Å². The van der Waals surface area contributed by atoms with Crippen molar-refractivity contribution in [2.75, 3.05) is 6.54 Å². The molecule has 0 spiro atoms. The fourth-order valence-electron chi connectivity index (χ4n) is 1.50. The van der Waals surface area contributed by atoms with Gasteiger partial charge in [-0.2, -0.15) is 0 Å². The van der Waals surface area contributed by atoms with Crippen LogP contribution in [0.1, 0.15) is 19.2 Å². The molecular formula is C12H13ClFN3O. The standard InChI is InChI=1S/C12H13ClFN3O/c1-2-6-15-7-10-16-17-12(18-10)11-8(13)4-3-5-9(11)14/h3-5,15H,2,6-7H2,1H3. The van der Waals surface area contributed by atoms with E-state index >= 15 is 0 Å². The van der Waals surface area contributed by atoms with Gasteiger partial charge in [-0.15, -0.1) is 10.2 Å². The molecule has 0 aliphatic rings. The Hall–Kier alpha value is -1.46. The van der Waals surface area contributed by atoms with Crippen molar-refractivity contribution in [3.8, 4) is 11.5 Å². The van der Waals surface area contributed by atoms with E-state index < -0.39 is 5.82 Å². The van der Waals surface area contributed by atoms with Crippen molar-refractivity contribution >= 4 is 11.6 Å². The first-order valence-electron chi connectivity index (χ1n) is 5.70. The smallest absolute Gasteiger partial charge is 0.252 e. The van der Waals surface area contributed by atoms with E-state index in [1.807, 2.05) is 0 Å². The quantitative estimate of drug-likeness (QED) is 0.848. The average Bonchev–Trinajstić information content (AvgIpc) is 2.78. The van der Waals surface area contributed by atoms with Gasteiger partial charge in [0.2, 0.25) is 5.89 Å². The van der Waals surface area contributed by atoms with Crippen LogP contribution < -0.4 is 5.32 Å². The van der Waals surface area contributed by atoms with Crippen molar-refractivity contribution in [3.05, 3.63) is 34.9 Å². The van der Waals surface area contributed by atoms with Crippen molar-refractivity contribution in [2.24, 2.45) is 0 Å². The van der Waals surface area contributed by atoms with Crippen LogP contribution in [0, 0.1) is 5.82 Å². The third-order valence-electron chi connectivity index (χ3n) is 2.35. The Balaban J connectivity index is 2.19. The molecule has 0 atom stereocenters. The zero-order chi connectivity index (χ0) is 13.0. The number of benzene rings is 1. The highest BCUT2D eigenvalue weighted by molar-refractivity contribution is 6.33. The third kappa shape index (κ3) is 2.86. The highest BCUT2D eigenvalue weighted by atomic mass is 35.5. The first kappa shape index (κ1) is 13.0. The van der Waals surface area contributed by atoms with Gasteiger partial charge in [-0.25, -0.2) is 4.39 Å². The van der Waals surface area contributed by atoms with Crippen LogP contribution in [-0.2, 0) is 6.54 Å². The van der Waals surface area contributed by atoms with Crippen LogP contribution in [0.4, 0.5) is 4.39 Å². The van der Waals surface area contributed by atoms with Gasteiger partial charge in [-0.3, -0.25) is 0 Å². The Kier molecular flexibility index (Phi) is 4.28. The molecule has 2 rings (SSSR count). The number of nitrogens with zero attached hydrogens (tertiary/aromatic N) is 2. The summed E-state index contributed by atoms with van der Waals surface area (Å²) in [7, 11) is 0. The summed E-state index contributed by atoms with van der Waals surface area (Å²) in [5.41, 5.74) is 0.147. The number of hydrogen-bond acceptors (Lipinski definition) is 4. The molecule has 0 saturated carbocycles. The molecule has 0 aliphatic carbocycles. The highest BCUT2D eigenvalue weighted by Gasteiger charge is 2.16. The topological polar surface area (TPSA) is 51.0 Å². The maximum Gasteiger partial charge on any atom is 0.252 e. The highest BCUT2D eigenvalue weighted by Crippen LogP contribution is 2.29. The lowest BCUT2D eigenvalue weighted by molar-refractivity contribution is 0.475. The molecule has 0 fully saturated rings. The molecule has 18 heavy (non-hydrogen) atoms. The van der Waals surface area contributed by atoms with Crippen molar-refractivity contribution in [2.45, 2.75) is 19.9 Å². The molecule has 0 saturated heterocycles. The van der Waals surface area contributed by atoms with Crippen LogP contribution in [0.2, 0.25) is 5.02 Å². The van der Waals surface area contributed by atoms with Gasteiger partial charge >= 0.3 is 0 Å². The van der Waals surface area contributed by atoms with Gasteiger partial charge in [0, 0.05) is 0 Å². The van der Waals surface area contributed by atoms with Crippen molar-refractivity contribution in [1.82, 2.24) is 15.5 Å². The molecule has 4 nitrogen and oxygen atoms in total. The molecular weight excluding hydrogens is 257 g/mol. The SMILES string of the molecule is CCCNCc1nnc(-c2c(F)cccc2Cl)o1. The van der Waals surface area contributed by atoms with E-state index in [-0.39, 0.29) is 16.5 Å². The average molecular weight is 270 g/mol. The summed E-state index contributed by atoms with van der Waals surface area (Å²) in [6.07, 6.45) is 1.01. The summed E-state index contributed by atoms with van der Waals surface area (Å²) in [6, 6.07) is 4.42. The minimum atomic E-state index is -0.473. The van der Waals surface area contributed by atoms with Gasteiger partial charge in [-0.1, -0.05) is 24.6 Å². The second-order valence-corrected chi connectivity index (χ2v) is 4.18. The minimum absolute atomic E-state index is 0.103. The Morgan fingerprint density at radius 1 is 1.39 bits per heavy atom. The second kappa shape index (κ2) is 5.93. The Labute approximate surface area is 109 Å². The van der Waals surface area contributed by atoms with Crippen LogP contribution in [0.5, 0.6) is 0 Å². The molecule has 1 aromatic carbocycles. The fraction of sp³-hybridized carbons (Fsp3) is 0.333. The van der Waals surface area contributed by atoms with Crippen LogP contribution in [-0.4, -0.2) is 16.7 Å². The number of rotatable bonds is 5. The zero-order valence-corrected chi connectivity index (χ0v) is 10.7. The number of hydrogen-bond donors (Lipinski definition) is 1. The Morgan fingerprint density at radius 2 is 2.22 bits per heavy atom. The summed E-state index contributed by atoms with van der Waals surface area (Å²) in [5.74, 6) is 0.0448. The monoisotopic (exact) mass is 269 g/mol. The molecule has 0 radical (unpaired) electrons. The lowest BCUT2D eigenvalue weighted by Gasteiger charge is -2.00. The van der Waals surface area contributed by atoms with Crippen LogP contribution in [0.3, 0.4) is 0 Å². The number of nitrogens with one attached hydrogen (secondary N) is 1. The Bertz CT molecular complexity index is 510. The molecule has 0 aliphatic heterocycles. The van der Waals surface area contributed by atoms with Crippen LogP contribution in [0.15, 0.2) is 22.6 Å². The first-order valence-corrected chi connectivity index (χ1v) is 6.07. The van der Waals surface area contributed by atoms with E-state index in [2.05, 4.69) is 22.4 Å². The minimum Gasteiger partial charge on any atom is -0.419 e. The largest absolute Gasteiger partial charge is 0.419 e. The normalized spacial score (nSPS) is 10.8. The molecule has 1 aromatic heterocycles. The van der Waals surface area contributed by atoms with E-state index in [0.717, 1.165) is 13.0 Å². The maximum atomic E-state index is 13.6. The molecule has 2 aromatic rings. The van der Waals surface area contributed by atoms with Gasteiger partial charge in [0.05, 0.1) is 17.1 Å². The molecule has 0 amide bonds. The van der Waals surface area contributed by atoms with Crippen molar-refractivity contribution < 1.29 is 8.81 Å². The van der Waals surface area contributed by atoms with Crippen molar-refractivity contribution in [1.29, 1.82) is 0 Å². The zero-order valence-electron chi connectivity index (χ0n) is 9.91. The molecule has 1 heterocycles. The summed E-state index contributed by atoms with van der Waals surface area (Å²) in [5, 5.41) is 11.0. The molecule has 1 N–H and O–H groups in total. The number of halogens is 2. The summed E-state index contributed by atoms with van der Waals surface area (Å²) >= 11 is 5.92. The van der Waals surface area contributed by atoms with Crippen LogP contribution >= 0.6 is 11.6 Å². The van der Waals surface area contributed by atoms with Gasteiger partial charge in [-0.05, 0) is 25.1 Å². The summed E-state index contributed by atoms with van der Waals surface area (Å²) < 4.78 is 19.0. The second-order valence-electron chi connectivity index (χ2n) is 3.77. The fourth-order valence-corrected chi connectivity index (χ4v) is 1.74. The molecule has 0 bridgehead atoms. The lowest BCUT2D eigenvalue weighted by atomic mass is 10.2. The Morgan fingerprint density at radius 3 is 2.94 bits per heavy atom. The van der Waals surface area contributed by atoms with Gasteiger partial charge in [0.1, 0.15) is 5.82 Å².